The van der Waals surface area contributed by atoms with Crippen molar-refractivity contribution in [2.45, 2.75) is 6.42 Å². The van der Waals surface area contributed by atoms with E-state index in [0.717, 1.165) is 6.42 Å². The topological polar surface area (TPSA) is 26.3 Å². The van der Waals surface area contributed by atoms with Crippen LogP contribution in [-0.2, 0) is 11.2 Å². The van der Waals surface area contributed by atoms with Crippen LogP contribution in [0.15, 0.2) is 72.8 Å². The summed E-state index contributed by atoms with van der Waals surface area (Å²) in [6.07, 6.45) is 3.99. The number of allylic oxidation sites excluding steroid dienone is 1. The fraction of sp³-hybridized carbons (Fsp3) is 0.0625. The van der Waals surface area contributed by atoms with Crippen molar-refractivity contribution in [3.05, 3.63) is 78.4 Å². The molecule has 0 amide bonds. The number of carbonyl (C=O) groups is 1. The SMILES string of the molecule is O=C(C=CCc1ccccc1)Oc1ccccc1. The average molecular weight is 238 g/mol. The predicted octanol–water partition coefficient (Wildman–Crippen LogP) is 3.39. The zero-order valence-electron chi connectivity index (χ0n) is 9.95. The van der Waals surface area contributed by atoms with E-state index in [2.05, 4.69) is 0 Å². The van der Waals surface area contributed by atoms with Gasteiger partial charge in [0.2, 0.25) is 0 Å². The molecular formula is C16H14O2. The van der Waals surface area contributed by atoms with Gasteiger partial charge in [0.15, 0.2) is 0 Å². The van der Waals surface area contributed by atoms with Gasteiger partial charge in [-0.1, -0.05) is 54.6 Å². The Morgan fingerprint density at radius 1 is 0.944 bits per heavy atom. The van der Waals surface area contributed by atoms with Crippen molar-refractivity contribution < 1.29 is 9.53 Å². The molecule has 2 heteroatoms. The van der Waals surface area contributed by atoms with E-state index in [1.807, 2.05) is 48.5 Å². The third-order valence-corrected chi connectivity index (χ3v) is 2.41. The first-order valence-electron chi connectivity index (χ1n) is 5.82. The van der Waals surface area contributed by atoms with Gasteiger partial charge in [-0.15, -0.1) is 0 Å². The van der Waals surface area contributed by atoms with E-state index in [9.17, 15) is 4.79 Å². The molecule has 90 valence electrons. The minimum absolute atomic E-state index is 0.350. The van der Waals surface area contributed by atoms with Gasteiger partial charge < -0.3 is 4.74 Å². The summed E-state index contributed by atoms with van der Waals surface area (Å²) in [4.78, 5) is 11.5. The lowest BCUT2D eigenvalue weighted by Crippen LogP contribution is -2.03. The molecule has 0 spiro atoms. The maximum absolute atomic E-state index is 11.5. The van der Waals surface area contributed by atoms with Crippen LogP contribution >= 0.6 is 0 Å². The second kappa shape index (κ2) is 6.40. The summed E-state index contributed by atoms with van der Waals surface area (Å²) in [7, 11) is 0. The molecule has 0 heterocycles. The molecule has 0 atom stereocenters. The Labute approximate surface area is 107 Å². The van der Waals surface area contributed by atoms with Gasteiger partial charge in [0.1, 0.15) is 5.75 Å². The van der Waals surface area contributed by atoms with Crippen LogP contribution in [0.5, 0.6) is 5.75 Å². The van der Waals surface area contributed by atoms with Crippen molar-refractivity contribution in [1.82, 2.24) is 0 Å². The van der Waals surface area contributed by atoms with Gasteiger partial charge in [-0.05, 0) is 24.1 Å². The summed E-state index contributed by atoms with van der Waals surface area (Å²) >= 11 is 0. The molecule has 0 bridgehead atoms. The molecule has 0 aliphatic heterocycles. The van der Waals surface area contributed by atoms with Crippen molar-refractivity contribution >= 4 is 5.97 Å². The summed E-state index contributed by atoms with van der Waals surface area (Å²) in [6.45, 7) is 0. The number of carbonyl (C=O) groups excluding carboxylic acids is 1. The second-order valence-electron chi connectivity index (χ2n) is 3.83. The number of ether oxygens (including phenoxy) is 1. The molecule has 0 unspecified atom stereocenters. The lowest BCUT2D eigenvalue weighted by atomic mass is 10.1. The highest BCUT2D eigenvalue weighted by Gasteiger charge is 1.98. The smallest absolute Gasteiger partial charge is 0.335 e. The van der Waals surface area contributed by atoms with E-state index in [4.69, 9.17) is 4.74 Å². The number of rotatable bonds is 4. The fourth-order valence-corrected chi connectivity index (χ4v) is 1.54. The highest BCUT2D eigenvalue weighted by atomic mass is 16.5. The molecule has 0 aliphatic carbocycles. The van der Waals surface area contributed by atoms with Gasteiger partial charge in [-0.25, -0.2) is 4.79 Å². The van der Waals surface area contributed by atoms with E-state index in [1.165, 1.54) is 11.6 Å². The molecular weight excluding hydrogens is 224 g/mol. The summed E-state index contributed by atoms with van der Waals surface area (Å²) in [5.41, 5.74) is 1.17. The Morgan fingerprint density at radius 3 is 2.22 bits per heavy atom. The molecule has 0 saturated heterocycles. The lowest BCUT2D eigenvalue weighted by molar-refractivity contribution is -0.129. The normalized spacial score (nSPS) is 10.4. The monoisotopic (exact) mass is 238 g/mol. The van der Waals surface area contributed by atoms with Crippen LogP contribution in [0, 0.1) is 0 Å². The number of hydrogen-bond acceptors (Lipinski definition) is 2. The number of hydrogen-bond donors (Lipinski definition) is 0. The largest absolute Gasteiger partial charge is 0.423 e. The highest BCUT2D eigenvalue weighted by molar-refractivity contribution is 5.84. The van der Waals surface area contributed by atoms with Crippen molar-refractivity contribution in [3.8, 4) is 5.75 Å². The second-order valence-corrected chi connectivity index (χ2v) is 3.83. The molecule has 0 N–H and O–H groups in total. The first-order chi connectivity index (χ1) is 8.84. The van der Waals surface area contributed by atoms with Gasteiger partial charge in [-0.2, -0.15) is 0 Å². The van der Waals surface area contributed by atoms with Crippen molar-refractivity contribution in [1.29, 1.82) is 0 Å². The van der Waals surface area contributed by atoms with E-state index < -0.39 is 0 Å². The Kier molecular flexibility index (Phi) is 4.31. The van der Waals surface area contributed by atoms with E-state index >= 15 is 0 Å². The maximum atomic E-state index is 11.5. The van der Waals surface area contributed by atoms with E-state index in [1.54, 1.807) is 18.2 Å². The minimum atomic E-state index is -0.350. The number of para-hydroxylation sites is 1. The minimum Gasteiger partial charge on any atom is -0.423 e. The summed E-state index contributed by atoms with van der Waals surface area (Å²) in [5, 5.41) is 0. The quantitative estimate of drug-likeness (QED) is 0.463. The van der Waals surface area contributed by atoms with Gasteiger partial charge >= 0.3 is 5.97 Å². The standard InChI is InChI=1S/C16H14O2/c17-16(18-15-11-5-2-6-12-15)13-7-10-14-8-3-1-4-9-14/h1-9,11-13H,10H2. The van der Waals surface area contributed by atoms with Crippen LogP contribution in [-0.4, -0.2) is 5.97 Å². The molecule has 0 saturated carbocycles. The number of esters is 1. The fourth-order valence-electron chi connectivity index (χ4n) is 1.54. The maximum Gasteiger partial charge on any atom is 0.335 e. The molecule has 2 nitrogen and oxygen atoms in total. The van der Waals surface area contributed by atoms with E-state index in [0.29, 0.717) is 5.75 Å². The van der Waals surface area contributed by atoms with Crippen molar-refractivity contribution in [2.75, 3.05) is 0 Å². The first kappa shape index (κ1) is 12.1. The highest BCUT2D eigenvalue weighted by Crippen LogP contribution is 2.08. The summed E-state index contributed by atoms with van der Waals surface area (Å²) in [6, 6.07) is 19.0. The lowest BCUT2D eigenvalue weighted by Gasteiger charge is -1.99. The van der Waals surface area contributed by atoms with Crippen LogP contribution in [0.1, 0.15) is 5.56 Å². The van der Waals surface area contributed by atoms with Gasteiger partial charge in [0.25, 0.3) is 0 Å². The molecule has 2 aromatic carbocycles. The molecule has 0 radical (unpaired) electrons. The zero-order valence-corrected chi connectivity index (χ0v) is 9.95. The molecule has 0 fully saturated rings. The van der Waals surface area contributed by atoms with Crippen LogP contribution in [0.3, 0.4) is 0 Å². The Bertz CT molecular complexity index is 515. The van der Waals surface area contributed by atoms with Crippen LogP contribution in [0.4, 0.5) is 0 Å². The summed E-state index contributed by atoms with van der Waals surface area (Å²) < 4.78 is 5.13. The molecule has 18 heavy (non-hydrogen) atoms. The van der Waals surface area contributed by atoms with Crippen LogP contribution < -0.4 is 4.74 Å². The van der Waals surface area contributed by atoms with Crippen molar-refractivity contribution in [2.24, 2.45) is 0 Å². The predicted molar refractivity (Wildman–Crippen MR) is 71.4 cm³/mol. The molecule has 0 aliphatic rings. The van der Waals surface area contributed by atoms with Gasteiger partial charge in [-0.3, -0.25) is 0 Å². The molecule has 0 aromatic heterocycles. The molecule has 2 aromatic rings. The third-order valence-electron chi connectivity index (χ3n) is 2.41. The number of benzene rings is 2. The summed E-state index contributed by atoms with van der Waals surface area (Å²) in [5.74, 6) is 0.212. The third kappa shape index (κ3) is 3.91. The molecule has 2 rings (SSSR count). The Morgan fingerprint density at radius 2 is 1.56 bits per heavy atom. The van der Waals surface area contributed by atoms with Gasteiger partial charge in [0.05, 0.1) is 0 Å². The van der Waals surface area contributed by atoms with Crippen molar-refractivity contribution in [3.63, 3.8) is 0 Å². The first-order valence-corrected chi connectivity index (χ1v) is 5.82. The van der Waals surface area contributed by atoms with Crippen LogP contribution in [0.25, 0.3) is 0 Å². The van der Waals surface area contributed by atoms with Crippen LogP contribution in [0.2, 0.25) is 0 Å². The van der Waals surface area contributed by atoms with E-state index in [-0.39, 0.29) is 5.97 Å². The average Bonchev–Trinajstić information content (AvgIpc) is 2.41. The Balaban J connectivity index is 1.85. The zero-order chi connectivity index (χ0) is 12.6. The Hall–Kier alpha value is -2.35. The van der Waals surface area contributed by atoms with Gasteiger partial charge in [0, 0.05) is 6.08 Å².